The maximum Gasteiger partial charge on any atom is 0.283 e. The number of likely N-dealkylation sites (tertiary alicyclic amines) is 1. The molecule has 144 valence electrons. The Morgan fingerprint density at radius 2 is 1.89 bits per heavy atom. The molecule has 1 spiro atoms. The van der Waals surface area contributed by atoms with Crippen LogP contribution < -0.4 is 4.74 Å². The van der Waals surface area contributed by atoms with E-state index in [1.165, 1.54) is 18.2 Å². The van der Waals surface area contributed by atoms with Crippen molar-refractivity contribution in [2.24, 2.45) is 0 Å². The number of nitrogens with zero attached hydrogens (tertiary/aromatic N) is 2. The Morgan fingerprint density at radius 1 is 1.18 bits per heavy atom. The first-order valence-corrected chi connectivity index (χ1v) is 9.31. The number of fused-ring (bicyclic) bond motifs is 1. The number of ether oxygens (including phenoxy) is 1. The smallest absolute Gasteiger partial charge is 0.283 e. The van der Waals surface area contributed by atoms with E-state index in [4.69, 9.17) is 16.3 Å². The third kappa shape index (κ3) is 3.22. The molecule has 4 rings (SSSR count). The van der Waals surface area contributed by atoms with Crippen LogP contribution in [-0.2, 0) is 0 Å². The summed E-state index contributed by atoms with van der Waals surface area (Å²) in [5.74, 6) is 0.197. The standard InChI is InChI=1S/C20H17ClN2O5/c21-13-5-6-14(16(11-13)23(26)27)19(25)22-9-7-20(8-10-22)12-17(24)15-3-1-2-4-18(15)28-20/h1-6,11H,7-10,12H2. The van der Waals surface area contributed by atoms with E-state index in [1.807, 2.05) is 6.07 Å². The highest BCUT2D eigenvalue weighted by Crippen LogP contribution is 2.39. The molecule has 7 nitrogen and oxygen atoms in total. The Labute approximate surface area is 166 Å². The van der Waals surface area contributed by atoms with Crippen molar-refractivity contribution in [1.82, 2.24) is 4.90 Å². The predicted octanol–water partition coefficient (Wildman–Crippen LogP) is 3.89. The molecule has 2 aromatic carbocycles. The average Bonchev–Trinajstić information content (AvgIpc) is 2.68. The van der Waals surface area contributed by atoms with Crippen molar-refractivity contribution in [3.05, 3.63) is 68.7 Å². The molecule has 0 radical (unpaired) electrons. The van der Waals surface area contributed by atoms with Crippen molar-refractivity contribution in [2.45, 2.75) is 24.9 Å². The summed E-state index contributed by atoms with van der Waals surface area (Å²) >= 11 is 5.83. The number of nitro benzene ring substituents is 1. The van der Waals surface area contributed by atoms with Crippen LogP contribution in [0.3, 0.4) is 0 Å². The number of amides is 1. The number of halogens is 1. The molecule has 1 saturated heterocycles. The highest BCUT2D eigenvalue weighted by molar-refractivity contribution is 6.31. The average molecular weight is 401 g/mol. The molecule has 2 aliphatic rings. The zero-order chi connectivity index (χ0) is 19.9. The molecule has 0 bridgehead atoms. The molecule has 0 N–H and O–H groups in total. The van der Waals surface area contributed by atoms with Gasteiger partial charge in [-0.25, -0.2) is 0 Å². The number of rotatable bonds is 2. The van der Waals surface area contributed by atoms with Gasteiger partial charge in [0.15, 0.2) is 5.78 Å². The molecule has 0 aromatic heterocycles. The van der Waals surface area contributed by atoms with Crippen molar-refractivity contribution in [2.75, 3.05) is 13.1 Å². The van der Waals surface area contributed by atoms with E-state index in [9.17, 15) is 19.7 Å². The molecule has 28 heavy (non-hydrogen) atoms. The highest BCUT2D eigenvalue weighted by Gasteiger charge is 2.44. The maximum absolute atomic E-state index is 12.8. The summed E-state index contributed by atoms with van der Waals surface area (Å²) < 4.78 is 6.16. The van der Waals surface area contributed by atoms with Gasteiger partial charge in [-0.1, -0.05) is 23.7 Å². The van der Waals surface area contributed by atoms with Crippen LogP contribution in [0.5, 0.6) is 5.75 Å². The van der Waals surface area contributed by atoms with Crippen molar-refractivity contribution < 1.29 is 19.2 Å². The Bertz CT molecular complexity index is 982. The van der Waals surface area contributed by atoms with Crippen molar-refractivity contribution in [3.63, 3.8) is 0 Å². The zero-order valence-corrected chi connectivity index (χ0v) is 15.6. The maximum atomic E-state index is 12.8. The van der Waals surface area contributed by atoms with Crippen LogP contribution in [-0.4, -0.2) is 40.2 Å². The van der Waals surface area contributed by atoms with Crippen molar-refractivity contribution in [1.29, 1.82) is 0 Å². The SMILES string of the molecule is O=C1CC2(CCN(C(=O)c3ccc(Cl)cc3[N+](=O)[O-])CC2)Oc2ccccc21. The van der Waals surface area contributed by atoms with Crippen LogP contribution in [0.25, 0.3) is 0 Å². The first-order valence-electron chi connectivity index (χ1n) is 8.93. The van der Waals surface area contributed by atoms with Crippen LogP contribution in [0, 0.1) is 10.1 Å². The lowest BCUT2D eigenvalue weighted by Gasteiger charge is -2.43. The number of hydrogen-bond acceptors (Lipinski definition) is 5. The van der Waals surface area contributed by atoms with Gasteiger partial charge in [0.2, 0.25) is 0 Å². The lowest BCUT2D eigenvalue weighted by Crippen LogP contribution is -2.52. The predicted molar refractivity (Wildman–Crippen MR) is 102 cm³/mol. The number of hydrogen-bond donors (Lipinski definition) is 0. The lowest BCUT2D eigenvalue weighted by atomic mass is 9.82. The number of para-hydroxylation sites is 1. The topological polar surface area (TPSA) is 89.8 Å². The minimum Gasteiger partial charge on any atom is -0.486 e. The van der Waals surface area contributed by atoms with Gasteiger partial charge in [0.25, 0.3) is 11.6 Å². The van der Waals surface area contributed by atoms with Gasteiger partial charge in [-0.3, -0.25) is 19.7 Å². The summed E-state index contributed by atoms with van der Waals surface area (Å²) in [5, 5.41) is 11.5. The molecule has 0 unspecified atom stereocenters. The number of ketones is 1. The van der Waals surface area contributed by atoms with Gasteiger partial charge in [0.05, 0.1) is 16.9 Å². The van der Waals surface area contributed by atoms with Gasteiger partial charge in [0.1, 0.15) is 16.9 Å². The second kappa shape index (κ2) is 6.91. The molecule has 1 amide bonds. The fourth-order valence-corrected chi connectivity index (χ4v) is 4.01. The van der Waals surface area contributed by atoms with E-state index in [0.717, 1.165) is 0 Å². The van der Waals surface area contributed by atoms with Gasteiger partial charge < -0.3 is 9.64 Å². The van der Waals surface area contributed by atoms with Crippen LogP contribution >= 0.6 is 11.6 Å². The van der Waals surface area contributed by atoms with Crippen molar-refractivity contribution in [3.8, 4) is 5.75 Å². The Hall–Kier alpha value is -2.93. The Balaban J connectivity index is 1.52. The quantitative estimate of drug-likeness (QED) is 0.563. The number of nitro groups is 1. The first-order chi connectivity index (χ1) is 13.4. The van der Waals surface area contributed by atoms with E-state index in [1.54, 1.807) is 23.1 Å². The van der Waals surface area contributed by atoms with Crippen LogP contribution in [0.1, 0.15) is 40.0 Å². The number of carbonyl (C=O) groups excluding carboxylic acids is 2. The molecule has 2 heterocycles. The monoisotopic (exact) mass is 400 g/mol. The zero-order valence-electron chi connectivity index (χ0n) is 14.9. The van der Waals surface area contributed by atoms with E-state index in [2.05, 4.69) is 0 Å². The molecule has 0 atom stereocenters. The van der Waals surface area contributed by atoms with Crippen LogP contribution in [0.4, 0.5) is 5.69 Å². The minimum atomic E-state index is -0.631. The normalized spacial score (nSPS) is 17.8. The number of benzene rings is 2. The molecule has 1 fully saturated rings. The number of Topliss-reactive ketones (excluding diaryl/α,β-unsaturated/α-hetero) is 1. The Kier molecular flexibility index (Phi) is 4.55. The summed E-state index contributed by atoms with van der Waals surface area (Å²) in [6.45, 7) is 0.710. The molecular weight excluding hydrogens is 384 g/mol. The number of carbonyl (C=O) groups is 2. The third-order valence-corrected chi connectivity index (χ3v) is 5.58. The first kappa shape index (κ1) is 18.4. The van der Waals surface area contributed by atoms with E-state index < -0.39 is 16.4 Å². The molecule has 0 aliphatic carbocycles. The molecule has 8 heteroatoms. The summed E-state index contributed by atoms with van der Waals surface area (Å²) in [6.07, 6.45) is 1.24. The largest absolute Gasteiger partial charge is 0.486 e. The van der Waals surface area contributed by atoms with Crippen LogP contribution in [0.15, 0.2) is 42.5 Å². The fourth-order valence-electron chi connectivity index (χ4n) is 3.85. The highest BCUT2D eigenvalue weighted by atomic mass is 35.5. The molecule has 2 aromatic rings. The van der Waals surface area contributed by atoms with Gasteiger partial charge in [-0.05, 0) is 24.3 Å². The van der Waals surface area contributed by atoms with E-state index in [-0.39, 0.29) is 28.5 Å². The summed E-state index contributed by atoms with van der Waals surface area (Å²) in [5.41, 5.74) is -0.343. The lowest BCUT2D eigenvalue weighted by molar-refractivity contribution is -0.385. The van der Waals surface area contributed by atoms with Gasteiger partial charge in [-0.15, -0.1) is 0 Å². The van der Waals surface area contributed by atoms with Gasteiger partial charge >= 0.3 is 0 Å². The van der Waals surface area contributed by atoms with Crippen LogP contribution in [0.2, 0.25) is 5.02 Å². The second-order valence-electron chi connectivity index (χ2n) is 7.09. The third-order valence-electron chi connectivity index (χ3n) is 5.35. The summed E-state index contributed by atoms with van der Waals surface area (Å²) in [6, 6.07) is 11.2. The van der Waals surface area contributed by atoms with E-state index in [0.29, 0.717) is 37.2 Å². The van der Waals surface area contributed by atoms with Gasteiger partial charge in [-0.2, -0.15) is 0 Å². The second-order valence-corrected chi connectivity index (χ2v) is 7.53. The molecule has 2 aliphatic heterocycles. The summed E-state index contributed by atoms with van der Waals surface area (Å²) in [4.78, 5) is 37.6. The van der Waals surface area contributed by atoms with E-state index >= 15 is 0 Å². The van der Waals surface area contributed by atoms with Gasteiger partial charge in [0, 0.05) is 37.0 Å². The fraction of sp³-hybridized carbons (Fsp3) is 0.300. The summed E-state index contributed by atoms with van der Waals surface area (Å²) in [7, 11) is 0. The molecular formula is C20H17ClN2O5. The van der Waals surface area contributed by atoms with Crippen molar-refractivity contribution >= 4 is 29.0 Å². The Morgan fingerprint density at radius 3 is 2.61 bits per heavy atom. The minimum absolute atomic E-state index is 0.0105. The molecule has 0 saturated carbocycles. The number of piperidine rings is 1.